The van der Waals surface area contributed by atoms with Crippen LogP contribution < -0.4 is 4.74 Å². The Morgan fingerprint density at radius 1 is 1.33 bits per heavy atom. The molecule has 1 aliphatic rings. The van der Waals surface area contributed by atoms with Crippen LogP contribution in [0.1, 0.15) is 31.2 Å². The minimum absolute atomic E-state index is 0.112. The van der Waals surface area contributed by atoms with Gasteiger partial charge in [0.15, 0.2) is 0 Å². The van der Waals surface area contributed by atoms with Crippen molar-refractivity contribution in [3.8, 4) is 5.75 Å². The smallest absolute Gasteiger partial charge is 0.243 e. The Morgan fingerprint density at radius 2 is 2.00 bits per heavy atom. The van der Waals surface area contributed by atoms with Crippen LogP contribution in [0.15, 0.2) is 23.1 Å². The second-order valence-electron chi connectivity index (χ2n) is 5.37. The molecule has 0 heterocycles. The van der Waals surface area contributed by atoms with Crippen LogP contribution in [0.5, 0.6) is 5.75 Å². The Balaban J connectivity index is 2.38. The number of alkyl halides is 1. The monoisotopic (exact) mass is 331 g/mol. The van der Waals surface area contributed by atoms with Gasteiger partial charge in [0, 0.05) is 19.0 Å². The first-order valence-corrected chi connectivity index (χ1v) is 9.19. The third kappa shape index (κ3) is 3.52. The Morgan fingerprint density at radius 3 is 2.57 bits per heavy atom. The quantitative estimate of drug-likeness (QED) is 0.753. The van der Waals surface area contributed by atoms with Crippen molar-refractivity contribution in [3.63, 3.8) is 0 Å². The van der Waals surface area contributed by atoms with E-state index in [2.05, 4.69) is 0 Å². The van der Waals surface area contributed by atoms with E-state index in [0.717, 1.165) is 25.7 Å². The largest absolute Gasteiger partial charge is 0.497 e. The fourth-order valence-corrected chi connectivity index (χ4v) is 4.70. The molecule has 0 atom stereocenters. The van der Waals surface area contributed by atoms with Crippen LogP contribution in [0, 0.1) is 0 Å². The summed E-state index contributed by atoms with van der Waals surface area (Å²) in [4.78, 5) is 0.346. The van der Waals surface area contributed by atoms with Gasteiger partial charge in [-0.2, -0.15) is 4.31 Å². The maximum atomic E-state index is 12.9. The van der Waals surface area contributed by atoms with Crippen molar-refractivity contribution in [1.29, 1.82) is 0 Å². The van der Waals surface area contributed by atoms with Crippen LogP contribution in [0.3, 0.4) is 0 Å². The zero-order valence-electron chi connectivity index (χ0n) is 12.5. The molecule has 6 heteroatoms. The van der Waals surface area contributed by atoms with Gasteiger partial charge in [0.2, 0.25) is 10.0 Å². The lowest BCUT2D eigenvalue weighted by Crippen LogP contribution is -2.35. The van der Waals surface area contributed by atoms with Gasteiger partial charge in [-0.05, 0) is 43.0 Å². The van der Waals surface area contributed by atoms with Crippen LogP contribution in [0.25, 0.3) is 0 Å². The average Bonchev–Trinajstić information content (AvgIpc) is 3.00. The van der Waals surface area contributed by atoms with Gasteiger partial charge >= 0.3 is 0 Å². The summed E-state index contributed by atoms with van der Waals surface area (Å²) < 4.78 is 32.4. The number of halogens is 1. The van der Waals surface area contributed by atoms with E-state index in [4.69, 9.17) is 16.3 Å². The van der Waals surface area contributed by atoms with E-state index >= 15 is 0 Å². The highest BCUT2D eigenvalue weighted by Crippen LogP contribution is 2.30. The molecule has 1 aliphatic carbocycles. The molecule has 1 aromatic rings. The molecule has 1 saturated carbocycles. The molecule has 2 rings (SSSR count). The molecule has 0 radical (unpaired) electrons. The van der Waals surface area contributed by atoms with E-state index in [0.29, 0.717) is 28.5 Å². The molecule has 0 spiro atoms. The van der Waals surface area contributed by atoms with Crippen LogP contribution in [-0.2, 0) is 16.4 Å². The van der Waals surface area contributed by atoms with Crippen molar-refractivity contribution in [2.24, 2.45) is 0 Å². The lowest BCUT2D eigenvalue weighted by Gasteiger charge is -2.25. The van der Waals surface area contributed by atoms with Crippen molar-refractivity contribution in [1.82, 2.24) is 4.31 Å². The van der Waals surface area contributed by atoms with Crippen molar-refractivity contribution in [2.45, 2.75) is 43.0 Å². The topological polar surface area (TPSA) is 46.6 Å². The number of aryl methyl sites for hydroxylation is 1. The first-order valence-electron chi connectivity index (χ1n) is 7.21. The van der Waals surface area contributed by atoms with Gasteiger partial charge in [-0.3, -0.25) is 0 Å². The average molecular weight is 332 g/mol. The molecule has 118 valence electrons. The van der Waals surface area contributed by atoms with E-state index in [1.807, 2.05) is 0 Å². The number of hydrogen-bond donors (Lipinski definition) is 0. The molecule has 0 amide bonds. The van der Waals surface area contributed by atoms with Gasteiger partial charge in [-0.15, -0.1) is 11.6 Å². The Kier molecular flexibility index (Phi) is 5.52. The SMILES string of the molecule is COc1ccc(S(=O)(=O)N(C)C2CCCC2)c(CCCl)c1. The molecule has 0 bridgehead atoms. The van der Waals surface area contributed by atoms with Gasteiger partial charge in [0.05, 0.1) is 12.0 Å². The van der Waals surface area contributed by atoms with Crippen LogP contribution >= 0.6 is 11.6 Å². The maximum Gasteiger partial charge on any atom is 0.243 e. The molecule has 1 fully saturated rings. The summed E-state index contributed by atoms with van der Waals surface area (Å²) in [5, 5.41) is 0. The summed E-state index contributed by atoms with van der Waals surface area (Å²) in [6.07, 6.45) is 4.59. The minimum Gasteiger partial charge on any atom is -0.497 e. The summed E-state index contributed by atoms with van der Waals surface area (Å²) >= 11 is 5.81. The summed E-state index contributed by atoms with van der Waals surface area (Å²) in [6.45, 7) is 0. The van der Waals surface area contributed by atoms with E-state index < -0.39 is 10.0 Å². The van der Waals surface area contributed by atoms with Crippen molar-refractivity contribution < 1.29 is 13.2 Å². The molecule has 1 aromatic carbocycles. The zero-order chi connectivity index (χ0) is 15.5. The molecular weight excluding hydrogens is 310 g/mol. The van der Waals surface area contributed by atoms with E-state index in [1.165, 1.54) is 4.31 Å². The van der Waals surface area contributed by atoms with Gasteiger partial charge in [0.25, 0.3) is 0 Å². The van der Waals surface area contributed by atoms with Crippen LogP contribution in [0.2, 0.25) is 0 Å². The number of nitrogens with zero attached hydrogens (tertiary/aromatic N) is 1. The molecule has 0 aliphatic heterocycles. The number of ether oxygens (including phenoxy) is 1. The molecule has 0 saturated heterocycles. The predicted molar refractivity (Wildman–Crippen MR) is 84.6 cm³/mol. The number of methoxy groups -OCH3 is 1. The fraction of sp³-hybridized carbons (Fsp3) is 0.600. The maximum absolute atomic E-state index is 12.9. The highest BCUT2D eigenvalue weighted by molar-refractivity contribution is 7.89. The number of sulfonamides is 1. The number of rotatable bonds is 6. The Labute approximate surface area is 132 Å². The van der Waals surface area contributed by atoms with Gasteiger partial charge in [-0.1, -0.05) is 12.8 Å². The van der Waals surface area contributed by atoms with Crippen molar-refractivity contribution >= 4 is 21.6 Å². The lowest BCUT2D eigenvalue weighted by atomic mass is 10.1. The van der Waals surface area contributed by atoms with E-state index in [9.17, 15) is 8.42 Å². The first kappa shape index (κ1) is 16.6. The van der Waals surface area contributed by atoms with Crippen LogP contribution in [-0.4, -0.2) is 38.8 Å². The number of benzene rings is 1. The summed E-state index contributed by atoms with van der Waals surface area (Å²) in [5.41, 5.74) is 0.717. The highest BCUT2D eigenvalue weighted by atomic mass is 35.5. The van der Waals surface area contributed by atoms with Gasteiger partial charge in [-0.25, -0.2) is 8.42 Å². The minimum atomic E-state index is -3.48. The summed E-state index contributed by atoms with van der Waals surface area (Å²) in [6, 6.07) is 5.19. The fourth-order valence-electron chi connectivity index (χ4n) is 2.85. The Hall–Kier alpha value is -0.780. The predicted octanol–water partition coefficient (Wildman–Crippen LogP) is 3.04. The highest BCUT2D eigenvalue weighted by Gasteiger charge is 2.31. The molecule has 0 aromatic heterocycles. The standard InChI is InChI=1S/C15H22ClNO3S/c1-17(13-5-3-4-6-13)21(18,19)15-8-7-14(20-2)11-12(15)9-10-16/h7-8,11,13H,3-6,9-10H2,1-2H3. The van der Waals surface area contributed by atoms with E-state index in [-0.39, 0.29) is 6.04 Å². The second kappa shape index (κ2) is 6.99. The molecule has 0 unspecified atom stereocenters. The van der Waals surface area contributed by atoms with Gasteiger partial charge < -0.3 is 4.74 Å². The number of hydrogen-bond acceptors (Lipinski definition) is 3. The molecule has 0 N–H and O–H groups in total. The van der Waals surface area contributed by atoms with Gasteiger partial charge in [0.1, 0.15) is 5.75 Å². The second-order valence-corrected chi connectivity index (χ2v) is 7.72. The normalized spacial score (nSPS) is 16.6. The van der Waals surface area contributed by atoms with Crippen molar-refractivity contribution in [2.75, 3.05) is 20.0 Å². The lowest BCUT2D eigenvalue weighted by molar-refractivity contribution is 0.372. The molecular formula is C15H22ClNO3S. The third-order valence-corrected chi connectivity index (χ3v) is 6.33. The summed E-state index contributed by atoms with van der Waals surface area (Å²) in [5.74, 6) is 1.03. The summed E-state index contributed by atoms with van der Waals surface area (Å²) in [7, 11) is -0.232. The van der Waals surface area contributed by atoms with Crippen molar-refractivity contribution in [3.05, 3.63) is 23.8 Å². The van der Waals surface area contributed by atoms with E-state index in [1.54, 1.807) is 32.4 Å². The van der Waals surface area contributed by atoms with Crippen LogP contribution in [0.4, 0.5) is 0 Å². The first-order chi connectivity index (χ1) is 10.0. The Bertz CT molecular complexity index is 583. The third-order valence-electron chi connectivity index (χ3n) is 4.13. The zero-order valence-corrected chi connectivity index (χ0v) is 14.1. The molecule has 4 nitrogen and oxygen atoms in total. The molecule has 21 heavy (non-hydrogen) atoms.